The number of aliphatic hydroxyl groups is 1. The molecule has 3 rings (SSSR count). The standard InChI is InChI=1S/C15H11F2NO2S/c16-10-5-4-9(11(17)6-10)8-20-13-3-1-2-12-15(13)21-14(7-19)18-12/h1-6,19H,7-8H2. The van der Waals surface area contributed by atoms with Gasteiger partial charge >= 0.3 is 0 Å². The van der Waals surface area contributed by atoms with Gasteiger partial charge in [-0.2, -0.15) is 0 Å². The molecule has 0 spiro atoms. The number of fused-ring (bicyclic) bond motifs is 1. The van der Waals surface area contributed by atoms with Gasteiger partial charge in [0.15, 0.2) is 0 Å². The molecule has 2 aromatic carbocycles. The van der Waals surface area contributed by atoms with Gasteiger partial charge in [0, 0.05) is 11.6 Å². The molecule has 3 aromatic rings. The van der Waals surface area contributed by atoms with Gasteiger partial charge < -0.3 is 9.84 Å². The van der Waals surface area contributed by atoms with Gasteiger partial charge in [-0.3, -0.25) is 0 Å². The van der Waals surface area contributed by atoms with Crippen LogP contribution in [0.2, 0.25) is 0 Å². The van der Waals surface area contributed by atoms with Crippen molar-refractivity contribution >= 4 is 21.6 Å². The zero-order valence-electron chi connectivity index (χ0n) is 10.8. The second kappa shape index (κ2) is 5.75. The second-order valence-corrected chi connectivity index (χ2v) is 5.48. The van der Waals surface area contributed by atoms with Gasteiger partial charge in [-0.1, -0.05) is 6.07 Å². The van der Waals surface area contributed by atoms with Crippen molar-refractivity contribution in [3.05, 3.63) is 58.6 Å². The fraction of sp³-hybridized carbons (Fsp3) is 0.133. The molecule has 0 atom stereocenters. The number of ether oxygens (including phenoxy) is 1. The Morgan fingerprint density at radius 1 is 1.19 bits per heavy atom. The van der Waals surface area contributed by atoms with Crippen LogP contribution in [0.4, 0.5) is 8.78 Å². The Morgan fingerprint density at radius 3 is 2.81 bits per heavy atom. The van der Waals surface area contributed by atoms with Crippen LogP contribution in [0.5, 0.6) is 5.75 Å². The number of rotatable bonds is 4. The predicted molar refractivity (Wildman–Crippen MR) is 76.2 cm³/mol. The van der Waals surface area contributed by atoms with Gasteiger partial charge in [0.25, 0.3) is 0 Å². The minimum atomic E-state index is -0.637. The SMILES string of the molecule is OCc1nc2cccc(OCc3ccc(F)cc3F)c2s1. The zero-order valence-corrected chi connectivity index (χ0v) is 11.7. The lowest BCUT2D eigenvalue weighted by atomic mass is 10.2. The van der Waals surface area contributed by atoms with E-state index in [-0.39, 0.29) is 18.8 Å². The summed E-state index contributed by atoms with van der Waals surface area (Å²) in [5.41, 5.74) is 1.00. The maximum absolute atomic E-state index is 13.6. The predicted octanol–water partition coefficient (Wildman–Crippen LogP) is 3.65. The topological polar surface area (TPSA) is 42.4 Å². The van der Waals surface area contributed by atoms with Gasteiger partial charge in [-0.15, -0.1) is 11.3 Å². The Bertz CT molecular complexity index is 788. The number of hydrogen-bond acceptors (Lipinski definition) is 4. The average Bonchev–Trinajstić information content (AvgIpc) is 2.90. The Morgan fingerprint density at radius 2 is 2.05 bits per heavy atom. The van der Waals surface area contributed by atoms with Crippen LogP contribution in [0.15, 0.2) is 36.4 Å². The molecule has 108 valence electrons. The fourth-order valence-corrected chi connectivity index (χ4v) is 2.84. The molecule has 3 nitrogen and oxygen atoms in total. The molecular formula is C15H11F2NO2S. The lowest BCUT2D eigenvalue weighted by Gasteiger charge is -2.07. The quantitative estimate of drug-likeness (QED) is 0.800. The van der Waals surface area contributed by atoms with Crippen molar-refractivity contribution < 1.29 is 18.6 Å². The van der Waals surface area contributed by atoms with Crippen molar-refractivity contribution in [2.75, 3.05) is 0 Å². The summed E-state index contributed by atoms with van der Waals surface area (Å²) in [4.78, 5) is 4.24. The first-order valence-electron chi connectivity index (χ1n) is 6.23. The van der Waals surface area contributed by atoms with Gasteiger partial charge in [-0.25, -0.2) is 13.8 Å². The minimum absolute atomic E-state index is 0.00240. The van der Waals surface area contributed by atoms with E-state index in [4.69, 9.17) is 9.84 Å². The summed E-state index contributed by atoms with van der Waals surface area (Å²) < 4.78 is 32.8. The molecular weight excluding hydrogens is 296 g/mol. The Labute approximate surface area is 123 Å². The van der Waals surface area contributed by atoms with E-state index in [1.54, 1.807) is 12.1 Å². The van der Waals surface area contributed by atoms with Crippen LogP contribution in [0, 0.1) is 11.6 Å². The number of benzene rings is 2. The number of hydrogen-bond donors (Lipinski definition) is 1. The van der Waals surface area contributed by atoms with E-state index in [0.717, 1.165) is 16.3 Å². The van der Waals surface area contributed by atoms with Gasteiger partial charge in [0.05, 0.1) is 16.8 Å². The first-order chi connectivity index (χ1) is 10.2. The largest absolute Gasteiger partial charge is 0.487 e. The van der Waals surface area contributed by atoms with Crippen molar-refractivity contribution in [2.45, 2.75) is 13.2 Å². The van der Waals surface area contributed by atoms with Crippen molar-refractivity contribution in [3.63, 3.8) is 0 Å². The van der Waals surface area contributed by atoms with E-state index >= 15 is 0 Å². The summed E-state index contributed by atoms with van der Waals surface area (Å²) in [7, 11) is 0. The van der Waals surface area contributed by atoms with Crippen molar-refractivity contribution in [1.82, 2.24) is 4.98 Å². The van der Waals surface area contributed by atoms with Crippen LogP contribution < -0.4 is 4.74 Å². The van der Waals surface area contributed by atoms with E-state index in [9.17, 15) is 8.78 Å². The summed E-state index contributed by atoms with van der Waals surface area (Å²) in [6.45, 7) is -0.136. The van der Waals surface area contributed by atoms with Crippen molar-refractivity contribution in [1.29, 1.82) is 0 Å². The summed E-state index contributed by atoms with van der Waals surface area (Å²) in [6.07, 6.45) is 0. The Kier molecular flexibility index (Phi) is 3.81. The van der Waals surface area contributed by atoms with Crippen LogP contribution in [0.3, 0.4) is 0 Å². The third-order valence-corrected chi connectivity index (χ3v) is 4.03. The number of nitrogens with zero attached hydrogens (tertiary/aromatic N) is 1. The summed E-state index contributed by atoms with van der Waals surface area (Å²) in [6, 6.07) is 8.73. The normalized spacial score (nSPS) is 11.0. The highest BCUT2D eigenvalue weighted by molar-refractivity contribution is 7.18. The maximum atomic E-state index is 13.6. The first kappa shape index (κ1) is 13.9. The van der Waals surface area contributed by atoms with E-state index in [1.165, 1.54) is 23.5 Å². The molecule has 6 heteroatoms. The first-order valence-corrected chi connectivity index (χ1v) is 7.05. The molecule has 1 heterocycles. The summed E-state index contributed by atoms with van der Waals surface area (Å²) in [5, 5.41) is 9.71. The lowest BCUT2D eigenvalue weighted by Crippen LogP contribution is -1.99. The lowest BCUT2D eigenvalue weighted by molar-refractivity contribution is 0.281. The van der Waals surface area contributed by atoms with E-state index in [0.29, 0.717) is 10.8 Å². The Hall–Kier alpha value is -2.05. The van der Waals surface area contributed by atoms with Crippen molar-refractivity contribution in [2.24, 2.45) is 0 Å². The van der Waals surface area contributed by atoms with Gasteiger partial charge in [0.1, 0.15) is 29.0 Å². The van der Waals surface area contributed by atoms with Crippen LogP contribution >= 0.6 is 11.3 Å². The fourth-order valence-electron chi connectivity index (χ4n) is 1.95. The van der Waals surface area contributed by atoms with Crippen LogP contribution in [0.25, 0.3) is 10.2 Å². The monoisotopic (exact) mass is 307 g/mol. The average molecular weight is 307 g/mol. The molecule has 0 unspecified atom stereocenters. The molecule has 0 aliphatic carbocycles. The van der Waals surface area contributed by atoms with Gasteiger partial charge in [-0.05, 0) is 24.3 Å². The molecule has 0 aliphatic rings. The summed E-state index contributed by atoms with van der Waals surface area (Å²) >= 11 is 1.33. The number of thiazole rings is 1. The van der Waals surface area contributed by atoms with Crippen molar-refractivity contribution in [3.8, 4) is 5.75 Å². The third kappa shape index (κ3) is 2.86. The highest BCUT2D eigenvalue weighted by atomic mass is 32.1. The molecule has 0 fully saturated rings. The molecule has 0 radical (unpaired) electrons. The highest BCUT2D eigenvalue weighted by Gasteiger charge is 2.10. The number of halogens is 2. The number of aromatic nitrogens is 1. The van der Waals surface area contributed by atoms with E-state index in [2.05, 4.69) is 4.98 Å². The second-order valence-electron chi connectivity index (χ2n) is 4.39. The van der Waals surface area contributed by atoms with Gasteiger partial charge in [0.2, 0.25) is 0 Å². The van der Waals surface area contributed by atoms with Crippen LogP contribution in [-0.2, 0) is 13.2 Å². The summed E-state index contributed by atoms with van der Waals surface area (Å²) in [5.74, 6) is -0.690. The molecule has 21 heavy (non-hydrogen) atoms. The van der Waals surface area contributed by atoms with E-state index in [1.807, 2.05) is 6.07 Å². The number of aliphatic hydroxyl groups excluding tert-OH is 1. The zero-order chi connectivity index (χ0) is 14.8. The molecule has 0 saturated carbocycles. The van der Waals surface area contributed by atoms with Crippen LogP contribution in [0.1, 0.15) is 10.6 Å². The third-order valence-electron chi connectivity index (χ3n) is 2.96. The molecule has 0 amide bonds. The maximum Gasteiger partial charge on any atom is 0.139 e. The molecule has 1 N–H and O–H groups in total. The smallest absolute Gasteiger partial charge is 0.139 e. The Balaban J connectivity index is 1.86. The molecule has 0 saturated heterocycles. The van der Waals surface area contributed by atoms with E-state index < -0.39 is 11.6 Å². The minimum Gasteiger partial charge on any atom is -0.487 e. The molecule has 0 aliphatic heterocycles. The molecule has 0 bridgehead atoms. The molecule has 1 aromatic heterocycles. The van der Waals surface area contributed by atoms with Crippen LogP contribution in [-0.4, -0.2) is 10.1 Å². The highest BCUT2D eigenvalue weighted by Crippen LogP contribution is 2.31.